The van der Waals surface area contributed by atoms with E-state index < -0.39 is 22.2 Å². The van der Waals surface area contributed by atoms with Gasteiger partial charge in [0.2, 0.25) is 0 Å². The summed E-state index contributed by atoms with van der Waals surface area (Å²) in [6, 6.07) is 13.1. The van der Waals surface area contributed by atoms with Gasteiger partial charge in [-0.3, -0.25) is 4.79 Å². The Bertz CT molecular complexity index is 1390. The van der Waals surface area contributed by atoms with E-state index in [1.807, 2.05) is 45.0 Å². The number of carbonyl (C=O) groups excluding carboxylic acids is 2. The molecule has 0 radical (unpaired) electrons. The molecule has 54 heavy (non-hydrogen) atoms. The lowest BCUT2D eigenvalue weighted by molar-refractivity contribution is -0.146. The Labute approximate surface area is 333 Å². The summed E-state index contributed by atoms with van der Waals surface area (Å²) in [5.74, 6) is -0.476. The third-order valence-electron chi connectivity index (χ3n) is 12.2. The van der Waals surface area contributed by atoms with Crippen LogP contribution < -0.4 is 0 Å². The van der Waals surface area contributed by atoms with Crippen molar-refractivity contribution in [1.29, 1.82) is 0 Å². The predicted molar refractivity (Wildman–Crippen MR) is 233 cm³/mol. The van der Waals surface area contributed by atoms with Crippen LogP contribution >= 0.6 is 0 Å². The van der Waals surface area contributed by atoms with Gasteiger partial charge >= 0.3 is 5.97 Å². The van der Waals surface area contributed by atoms with E-state index in [0.29, 0.717) is 12.8 Å². The Morgan fingerprint density at radius 3 is 2.17 bits per heavy atom. The van der Waals surface area contributed by atoms with Crippen molar-refractivity contribution in [3.8, 4) is 0 Å². The SMILES string of the molecule is C=C(C)CC[C@@H]1O[C@](C)(CCC)C[C@H]1OC(=O)/C=C/[C@@H](C)CC(=O)[C@@](C)(C[C@H](O[Si](C)(C)C(C)(C)C)[C@H](C)/C=C/c1ccccc1)O[Si](CC)(CC)CC. The highest BCUT2D eigenvalue weighted by Crippen LogP contribution is 2.42. The van der Waals surface area contributed by atoms with Crippen molar-refractivity contribution in [3.63, 3.8) is 0 Å². The summed E-state index contributed by atoms with van der Waals surface area (Å²) in [7, 11) is -4.45. The van der Waals surface area contributed by atoms with Gasteiger partial charge < -0.3 is 18.3 Å². The van der Waals surface area contributed by atoms with Gasteiger partial charge in [-0.15, -0.1) is 6.58 Å². The van der Waals surface area contributed by atoms with E-state index in [1.165, 1.54) is 6.08 Å². The minimum atomic E-state index is -2.23. The Kier molecular flexibility index (Phi) is 18.6. The van der Waals surface area contributed by atoms with Crippen molar-refractivity contribution in [2.24, 2.45) is 11.8 Å². The molecule has 1 aliphatic rings. The maximum absolute atomic E-state index is 14.7. The van der Waals surface area contributed by atoms with Gasteiger partial charge in [0.15, 0.2) is 22.4 Å². The largest absolute Gasteiger partial charge is 0.456 e. The Balaban J connectivity index is 2.38. The predicted octanol–water partition coefficient (Wildman–Crippen LogP) is 12.7. The second-order valence-corrected chi connectivity index (χ2v) is 27.8. The van der Waals surface area contributed by atoms with Crippen LogP contribution in [-0.2, 0) is 27.9 Å². The number of ketones is 1. The zero-order valence-corrected chi connectivity index (χ0v) is 38.8. The third kappa shape index (κ3) is 14.4. The highest BCUT2D eigenvalue weighted by Gasteiger charge is 2.48. The van der Waals surface area contributed by atoms with Crippen LogP contribution in [0.1, 0.15) is 134 Å². The molecule has 0 aromatic heterocycles. The number of ether oxygens (including phenoxy) is 2. The molecule has 7 atom stereocenters. The van der Waals surface area contributed by atoms with Gasteiger partial charge in [-0.1, -0.05) is 123 Å². The molecule has 0 spiro atoms. The van der Waals surface area contributed by atoms with E-state index in [4.69, 9.17) is 18.3 Å². The second-order valence-electron chi connectivity index (χ2n) is 18.3. The van der Waals surface area contributed by atoms with Gasteiger partial charge in [0.25, 0.3) is 0 Å². The van der Waals surface area contributed by atoms with Crippen molar-refractivity contribution in [3.05, 3.63) is 66.3 Å². The van der Waals surface area contributed by atoms with Crippen molar-refractivity contribution in [2.45, 2.75) is 194 Å². The maximum Gasteiger partial charge on any atom is 0.330 e. The molecule has 1 heterocycles. The zero-order chi connectivity index (χ0) is 41.0. The summed E-state index contributed by atoms with van der Waals surface area (Å²) in [6.07, 6.45) is 12.0. The lowest BCUT2D eigenvalue weighted by atomic mass is 9.85. The zero-order valence-electron chi connectivity index (χ0n) is 36.8. The first-order valence-electron chi connectivity index (χ1n) is 20.9. The molecular formula is C46H78O6Si2. The first-order chi connectivity index (χ1) is 25.1. The molecule has 1 aliphatic heterocycles. The molecule has 0 N–H and O–H groups in total. The molecule has 1 fully saturated rings. The fourth-order valence-corrected chi connectivity index (χ4v) is 11.9. The molecule has 0 saturated carbocycles. The van der Waals surface area contributed by atoms with Crippen LogP contribution in [-0.4, -0.2) is 57.9 Å². The van der Waals surface area contributed by atoms with Crippen LogP contribution in [0, 0.1) is 11.8 Å². The molecule has 1 saturated heterocycles. The number of allylic oxidation sites excluding steroid dienone is 2. The molecule has 0 bridgehead atoms. The summed E-state index contributed by atoms with van der Waals surface area (Å²) in [6.45, 7) is 34.5. The van der Waals surface area contributed by atoms with E-state index in [1.54, 1.807) is 0 Å². The van der Waals surface area contributed by atoms with Crippen LogP contribution in [0.2, 0.25) is 36.3 Å². The lowest BCUT2D eigenvalue weighted by Crippen LogP contribution is -2.54. The van der Waals surface area contributed by atoms with Gasteiger partial charge in [0.1, 0.15) is 11.7 Å². The Hall–Kier alpha value is -2.11. The molecule has 0 unspecified atom stereocenters. The van der Waals surface area contributed by atoms with Crippen molar-refractivity contribution in [1.82, 2.24) is 0 Å². The van der Waals surface area contributed by atoms with Crippen LogP contribution in [0.25, 0.3) is 6.08 Å². The average Bonchev–Trinajstić information content (AvgIpc) is 3.41. The van der Waals surface area contributed by atoms with Gasteiger partial charge in [0, 0.05) is 25.3 Å². The van der Waals surface area contributed by atoms with E-state index in [9.17, 15) is 9.59 Å². The molecule has 0 amide bonds. The van der Waals surface area contributed by atoms with Crippen molar-refractivity contribution < 1.29 is 27.9 Å². The van der Waals surface area contributed by atoms with E-state index in [-0.39, 0.29) is 59.0 Å². The smallest absolute Gasteiger partial charge is 0.330 e. The molecule has 2 rings (SSSR count). The van der Waals surface area contributed by atoms with Crippen LogP contribution in [0.4, 0.5) is 0 Å². The van der Waals surface area contributed by atoms with Crippen LogP contribution in [0.3, 0.4) is 0 Å². The van der Waals surface area contributed by atoms with E-state index >= 15 is 0 Å². The molecule has 8 heteroatoms. The summed E-state index contributed by atoms with van der Waals surface area (Å²) in [5.41, 5.74) is 0.884. The van der Waals surface area contributed by atoms with Crippen molar-refractivity contribution in [2.75, 3.05) is 0 Å². The summed E-state index contributed by atoms with van der Waals surface area (Å²) >= 11 is 0. The molecule has 1 aromatic carbocycles. The number of esters is 1. The van der Waals surface area contributed by atoms with Gasteiger partial charge in [-0.05, 0) is 93.7 Å². The standard InChI is InChI=1S/C46H78O6Si2/c1-16-31-45(12)33-41(39(50-45)29-25-35(5)6)49-43(48)30-26-36(7)32-42(47)46(13,52-54(17-2,18-3)19-4)34-40(51-53(14,15)44(9,10)11)37(8)27-28-38-23-21-20-22-24-38/h20-24,26-28,30,36-37,39-41H,5,16-19,25,29,31-34H2,1-4,6-15H3/b28-27+,30-26+/t36-,37-,39+,40+,41-,45-,46-/m1/s1. The summed E-state index contributed by atoms with van der Waals surface area (Å²) in [5, 5.41) is 0.00191. The molecule has 0 aliphatic carbocycles. The molecule has 306 valence electrons. The first kappa shape index (κ1) is 48.0. The number of Topliss-reactive ketones (excluding diaryl/α,β-unsaturated/α-hetero) is 1. The normalized spacial score (nSPS) is 22.6. The lowest BCUT2D eigenvalue weighted by Gasteiger charge is -2.45. The topological polar surface area (TPSA) is 71.1 Å². The summed E-state index contributed by atoms with van der Waals surface area (Å²) < 4.78 is 27.0. The number of benzene rings is 1. The molecule has 1 aromatic rings. The van der Waals surface area contributed by atoms with Gasteiger partial charge in [-0.2, -0.15) is 0 Å². The second kappa shape index (κ2) is 20.9. The summed E-state index contributed by atoms with van der Waals surface area (Å²) in [4.78, 5) is 27.9. The maximum atomic E-state index is 14.7. The fraction of sp³-hybridized carbons (Fsp3) is 0.696. The highest BCUT2D eigenvalue weighted by molar-refractivity contribution is 6.74. The van der Waals surface area contributed by atoms with Crippen molar-refractivity contribution >= 4 is 34.5 Å². The number of hydrogen-bond acceptors (Lipinski definition) is 6. The molecular weight excluding hydrogens is 705 g/mol. The highest BCUT2D eigenvalue weighted by atomic mass is 28.4. The minimum Gasteiger partial charge on any atom is -0.456 e. The number of carbonyl (C=O) groups is 2. The fourth-order valence-electron chi connectivity index (χ4n) is 7.38. The number of rotatable bonds is 23. The van der Waals surface area contributed by atoms with Gasteiger partial charge in [0.05, 0.1) is 17.8 Å². The average molecular weight is 783 g/mol. The number of hydrogen-bond donors (Lipinski definition) is 0. The third-order valence-corrected chi connectivity index (χ3v) is 21.5. The van der Waals surface area contributed by atoms with Crippen LogP contribution in [0.5, 0.6) is 0 Å². The van der Waals surface area contributed by atoms with Gasteiger partial charge in [-0.25, -0.2) is 4.79 Å². The monoisotopic (exact) mass is 783 g/mol. The Morgan fingerprint density at radius 1 is 1.02 bits per heavy atom. The van der Waals surface area contributed by atoms with Crippen LogP contribution in [0.15, 0.2) is 60.7 Å². The first-order valence-corrected chi connectivity index (χ1v) is 26.4. The quantitative estimate of drug-likeness (QED) is 0.0476. The Morgan fingerprint density at radius 2 is 1.63 bits per heavy atom. The minimum absolute atomic E-state index is 0.00191. The van der Waals surface area contributed by atoms with E-state index in [0.717, 1.165) is 55.0 Å². The molecule has 6 nitrogen and oxygen atoms in total. The van der Waals surface area contributed by atoms with E-state index in [2.05, 4.69) is 106 Å².